The topological polar surface area (TPSA) is 51.0 Å². The third kappa shape index (κ3) is 3.74. The van der Waals surface area contributed by atoms with Crippen LogP contribution in [0.3, 0.4) is 0 Å². The van der Waals surface area contributed by atoms with Gasteiger partial charge in [-0.15, -0.1) is 22.0 Å². The van der Waals surface area contributed by atoms with Gasteiger partial charge in [-0.2, -0.15) is 0 Å². The predicted octanol–water partition coefficient (Wildman–Crippen LogP) is 3.21. The number of anilines is 1. The Balaban J connectivity index is 1.81. The standard InChI is InChI=1S/C11H12BrN3OS/c1-17-11-5-4-10(14-15-11)13-7-6-8-2-3-9(12)16-8/h2-5H,6-7H2,1H3,(H,13,14). The highest BCUT2D eigenvalue weighted by atomic mass is 79.9. The van der Waals surface area contributed by atoms with E-state index in [1.54, 1.807) is 11.8 Å². The van der Waals surface area contributed by atoms with Crippen LogP contribution in [0.4, 0.5) is 5.82 Å². The molecule has 0 aliphatic rings. The minimum absolute atomic E-state index is 0.761. The molecule has 0 saturated heterocycles. The molecule has 90 valence electrons. The molecule has 2 aromatic rings. The second-order valence-corrected chi connectivity index (χ2v) is 4.95. The smallest absolute Gasteiger partial charge is 0.169 e. The monoisotopic (exact) mass is 313 g/mol. The van der Waals surface area contributed by atoms with Gasteiger partial charge in [-0.05, 0) is 46.5 Å². The molecular weight excluding hydrogens is 302 g/mol. The maximum Gasteiger partial charge on any atom is 0.169 e. The molecule has 1 N–H and O–H groups in total. The molecule has 0 atom stereocenters. The number of nitrogens with one attached hydrogen (secondary N) is 1. The van der Waals surface area contributed by atoms with E-state index in [9.17, 15) is 0 Å². The van der Waals surface area contributed by atoms with Gasteiger partial charge < -0.3 is 9.73 Å². The summed E-state index contributed by atoms with van der Waals surface area (Å²) in [5.74, 6) is 1.73. The van der Waals surface area contributed by atoms with Crippen molar-refractivity contribution in [3.63, 3.8) is 0 Å². The van der Waals surface area contributed by atoms with Gasteiger partial charge in [0.05, 0.1) is 0 Å². The van der Waals surface area contributed by atoms with Crippen LogP contribution in [0.1, 0.15) is 5.76 Å². The van der Waals surface area contributed by atoms with Gasteiger partial charge in [-0.1, -0.05) is 0 Å². The molecule has 0 saturated carbocycles. The number of nitrogens with zero attached hydrogens (tertiary/aromatic N) is 2. The molecule has 0 aliphatic heterocycles. The van der Waals surface area contributed by atoms with Crippen LogP contribution < -0.4 is 5.32 Å². The van der Waals surface area contributed by atoms with Crippen molar-refractivity contribution < 1.29 is 4.42 Å². The zero-order valence-electron chi connectivity index (χ0n) is 9.31. The van der Waals surface area contributed by atoms with E-state index in [4.69, 9.17) is 4.42 Å². The first-order valence-electron chi connectivity index (χ1n) is 5.14. The van der Waals surface area contributed by atoms with E-state index in [0.29, 0.717) is 0 Å². The van der Waals surface area contributed by atoms with Crippen LogP contribution in [-0.4, -0.2) is 23.0 Å². The molecule has 2 heterocycles. The van der Waals surface area contributed by atoms with Gasteiger partial charge >= 0.3 is 0 Å². The van der Waals surface area contributed by atoms with Crippen LogP contribution in [0.25, 0.3) is 0 Å². The van der Waals surface area contributed by atoms with Gasteiger partial charge in [0, 0.05) is 13.0 Å². The Morgan fingerprint density at radius 1 is 1.29 bits per heavy atom. The molecule has 0 bridgehead atoms. The van der Waals surface area contributed by atoms with Crippen molar-refractivity contribution >= 4 is 33.5 Å². The van der Waals surface area contributed by atoms with E-state index in [1.165, 1.54) is 0 Å². The van der Waals surface area contributed by atoms with Crippen molar-refractivity contribution in [2.75, 3.05) is 18.1 Å². The number of furan rings is 1. The maximum absolute atomic E-state index is 5.40. The molecule has 0 unspecified atom stereocenters. The van der Waals surface area contributed by atoms with Crippen molar-refractivity contribution in [3.05, 3.63) is 34.7 Å². The number of rotatable bonds is 5. The SMILES string of the molecule is CSc1ccc(NCCc2ccc(Br)o2)nn1. The second-order valence-electron chi connectivity index (χ2n) is 3.34. The third-order valence-corrected chi connectivity index (χ3v) is 3.22. The fourth-order valence-corrected chi connectivity index (χ4v) is 1.99. The summed E-state index contributed by atoms with van der Waals surface area (Å²) < 4.78 is 6.16. The number of aromatic nitrogens is 2. The lowest BCUT2D eigenvalue weighted by Crippen LogP contribution is -2.06. The van der Waals surface area contributed by atoms with Crippen LogP contribution in [0, 0.1) is 0 Å². The van der Waals surface area contributed by atoms with E-state index in [-0.39, 0.29) is 0 Å². The van der Waals surface area contributed by atoms with E-state index >= 15 is 0 Å². The predicted molar refractivity (Wildman–Crippen MR) is 72.4 cm³/mol. The van der Waals surface area contributed by atoms with Gasteiger partial charge in [0.25, 0.3) is 0 Å². The van der Waals surface area contributed by atoms with Crippen LogP contribution in [0.2, 0.25) is 0 Å². The number of thioether (sulfide) groups is 1. The Kier molecular flexibility index (Phi) is 4.44. The van der Waals surface area contributed by atoms with E-state index < -0.39 is 0 Å². The quantitative estimate of drug-likeness (QED) is 0.859. The van der Waals surface area contributed by atoms with E-state index in [0.717, 1.165) is 34.2 Å². The second kappa shape index (κ2) is 6.07. The lowest BCUT2D eigenvalue weighted by molar-refractivity contribution is 0.491. The highest BCUT2D eigenvalue weighted by molar-refractivity contribution is 9.10. The molecule has 0 fully saturated rings. The molecule has 0 amide bonds. The van der Waals surface area contributed by atoms with E-state index in [1.807, 2.05) is 30.5 Å². The summed E-state index contributed by atoms with van der Waals surface area (Å²) in [5, 5.41) is 12.2. The minimum atomic E-state index is 0.761. The summed E-state index contributed by atoms with van der Waals surface area (Å²) >= 11 is 4.85. The summed E-state index contributed by atoms with van der Waals surface area (Å²) in [6.45, 7) is 0.771. The molecule has 0 aliphatic carbocycles. The highest BCUT2D eigenvalue weighted by Crippen LogP contribution is 2.15. The van der Waals surface area contributed by atoms with Crippen LogP contribution in [0.5, 0.6) is 0 Å². The number of hydrogen-bond donors (Lipinski definition) is 1. The highest BCUT2D eigenvalue weighted by Gasteiger charge is 2.00. The number of halogens is 1. The summed E-state index contributed by atoms with van der Waals surface area (Å²) in [7, 11) is 0. The molecule has 0 spiro atoms. The van der Waals surface area contributed by atoms with Crippen molar-refractivity contribution in [2.24, 2.45) is 0 Å². The molecule has 4 nitrogen and oxygen atoms in total. The number of hydrogen-bond acceptors (Lipinski definition) is 5. The Hall–Kier alpha value is -1.01. The largest absolute Gasteiger partial charge is 0.454 e. The van der Waals surface area contributed by atoms with Gasteiger partial charge in [-0.3, -0.25) is 0 Å². The maximum atomic E-state index is 5.40. The van der Waals surface area contributed by atoms with Crippen LogP contribution in [0.15, 0.2) is 38.4 Å². The Labute approximate surface area is 112 Å². The molecule has 6 heteroatoms. The Morgan fingerprint density at radius 3 is 2.76 bits per heavy atom. The first-order valence-corrected chi connectivity index (χ1v) is 7.15. The van der Waals surface area contributed by atoms with Gasteiger partial charge in [0.15, 0.2) is 4.67 Å². The first kappa shape index (κ1) is 12.4. The van der Waals surface area contributed by atoms with Crippen molar-refractivity contribution in [3.8, 4) is 0 Å². The van der Waals surface area contributed by atoms with Crippen molar-refractivity contribution in [1.29, 1.82) is 0 Å². The summed E-state index contributed by atoms with van der Waals surface area (Å²) in [6.07, 6.45) is 2.80. The van der Waals surface area contributed by atoms with Crippen molar-refractivity contribution in [1.82, 2.24) is 10.2 Å². The van der Waals surface area contributed by atoms with E-state index in [2.05, 4.69) is 31.4 Å². The van der Waals surface area contributed by atoms with Crippen LogP contribution in [-0.2, 0) is 6.42 Å². The fourth-order valence-electron chi connectivity index (χ4n) is 1.32. The molecule has 2 rings (SSSR count). The lowest BCUT2D eigenvalue weighted by Gasteiger charge is -2.03. The lowest BCUT2D eigenvalue weighted by atomic mass is 10.3. The van der Waals surface area contributed by atoms with Crippen LogP contribution >= 0.6 is 27.7 Å². The fraction of sp³-hybridized carbons (Fsp3) is 0.273. The summed E-state index contributed by atoms with van der Waals surface area (Å²) in [6, 6.07) is 7.72. The average molecular weight is 314 g/mol. The normalized spacial score (nSPS) is 10.5. The Bertz CT molecular complexity index is 472. The van der Waals surface area contributed by atoms with Crippen molar-refractivity contribution in [2.45, 2.75) is 11.4 Å². The summed E-state index contributed by atoms with van der Waals surface area (Å²) in [5.41, 5.74) is 0. The third-order valence-electron chi connectivity index (χ3n) is 2.16. The molecule has 2 aromatic heterocycles. The zero-order valence-corrected chi connectivity index (χ0v) is 11.7. The average Bonchev–Trinajstić information content (AvgIpc) is 2.76. The summed E-state index contributed by atoms with van der Waals surface area (Å²) in [4.78, 5) is 0. The first-order chi connectivity index (χ1) is 8.28. The molecular formula is C11H12BrN3OS. The van der Waals surface area contributed by atoms with Gasteiger partial charge in [0.1, 0.15) is 16.6 Å². The Morgan fingerprint density at radius 2 is 2.18 bits per heavy atom. The minimum Gasteiger partial charge on any atom is -0.454 e. The molecule has 0 aromatic carbocycles. The van der Waals surface area contributed by atoms with Gasteiger partial charge in [0.2, 0.25) is 0 Å². The van der Waals surface area contributed by atoms with Gasteiger partial charge in [-0.25, -0.2) is 0 Å². The molecule has 17 heavy (non-hydrogen) atoms. The zero-order chi connectivity index (χ0) is 12.1. The molecule has 0 radical (unpaired) electrons.